The summed E-state index contributed by atoms with van der Waals surface area (Å²) in [5.74, 6) is 1.56. The SMILES string of the molecule is C[C@@]1([C@H]2CC[C@]3(C)NC(=O)CC[C@H]3[C@@H]2CN)CC[C@H](O)C[C@@H]1CO. The topological polar surface area (TPSA) is 95.6 Å². The summed E-state index contributed by atoms with van der Waals surface area (Å²) in [7, 11) is 0. The Balaban J connectivity index is 1.87. The van der Waals surface area contributed by atoms with Crippen LogP contribution in [0, 0.1) is 29.1 Å². The molecule has 1 heterocycles. The van der Waals surface area contributed by atoms with Crippen molar-refractivity contribution in [1.82, 2.24) is 5.32 Å². The molecule has 1 amide bonds. The van der Waals surface area contributed by atoms with E-state index >= 15 is 0 Å². The van der Waals surface area contributed by atoms with Crippen molar-refractivity contribution < 1.29 is 15.0 Å². The van der Waals surface area contributed by atoms with Crippen LogP contribution in [0.3, 0.4) is 0 Å². The van der Waals surface area contributed by atoms with Crippen molar-refractivity contribution in [1.29, 1.82) is 0 Å². The van der Waals surface area contributed by atoms with Gasteiger partial charge < -0.3 is 21.3 Å². The summed E-state index contributed by atoms with van der Waals surface area (Å²) in [5, 5.41) is 23.2. The number of amides is 1. The van der Waals surface area contributed by atoms with Crippen LogP contribution in [0.15, 0.2) is 0 Å². The van der Waals surface area contributed by atoms with Crippen LogP contribution in [0.1, 0.15) is 58.8 Å². The molecule has 7 atom stereocenters. The Kier molecular flexibility index (Phi) is 4.98. The van der Waals surface area contributed by atoms with Gasteiger partial charge in [-0.05, 0) is 81.1 Å². The van der Waals surface area contributed by atoms with Crippen LogP contribution in [-0.2, 0) is 4.79 Å². The van der Waals surface area contributed by atoms with Crippen LogP contribution in [0.25, 0.3) is 0 Å². The first-order chi connectivity index (χ1) is 11.3. The van der Waals surface area contributed by atoms with Crippen LogP contribution >= 0.6 is 0 Å². The minimum absolute atomic E-state index is 0.0286. The molecule has 24 heavy (non-hydrogen) atoms. The Bertz CT molecular complexity index is 485. The van der Waals surface area contributed by atoms with Gasteiger partial charge in [-0.3, -0.25) is 4.79 Å². The van der Waals surface area contributed by atoms with Crippen LogP contribution in [0.4, 0.5) is 0 Å². The number of carbonyl (C=O) groups is 1. The van der Waals surface area contributed by atoms with Crippen molar-refractivity contribution in [2.45, 2.75) is 70.4 Å². The summed E-state index contributed by atoms with van der Waals surface area (Å²) in [6.07, 6.45) is 5.73. The van der Waals surface area contributed by atoms with Gasteiger partial charge in [0, 0.05) is 18.6 Å². The second-order valence-electron chi connectivity index (χ2n) is 8.97. The largest absolute Gasteiger partial charge is 0.396 e. The van der Waals surface area contributed by atoms with Gasteiger partial charge in [-0.25, -0.2) is 0 Å². The molecule has 1 aliphatic heterocycles. The van der Waals surface area contributed by atoms with Gasteiger partial charge in [-0.2, -0.15) is 0 Å². The van der Waals surface area contributed by atoms with Crippen LogP contribution < -0.4 is 11.1 Å². The van der Waals surface area contributed by atoms with Crippen molar-refractivity contribution in [2.24, 2.45) is 34.8 Å². The minimum Gasteiger partial charge on any atom is -0.396 e. The first-order valence-corrected chi connectivity index (χ1v) is 9.64. The fourth-order valence-corrected chi connectivity index (χ4v) is 6.28. The normalized spacial score (nSPS) is 49.4. The molecule has 1 saturated heterocycles. The fourth-order valence-electron chi connectivity index (χ4n) is 6.28. The molecule has 3 fully saturated rings. The Morgan fingerprint density at radius 2 is 1.96 bits per heavy atom. The van der Waals surface area contributed by atoms with E-state index in [0.717, 1.165) is 32.1 Å². The zero-order valence-electron chi connectivity index (χ0n) is 15.1. The third kappa shape index (κ3) is 2.89. The number of piperidine rings is 1. The van der Waals surface area contributed by atoms with E-state index in [2.05, 4.69) is 19.2 Å². The van der Waals surface area contributed by atoms with Gasteiger partial charge in [0.2, 0.25) is 5.91 Å². The summed E-state index contributed by atoms with van der Waals surface area (Å²) >= 11 is 0. The Morgan fingerprint density at radius 3 is 2.62 bits per heavy atom. The van der Waals surface area contributed by atoms with E-state index in [9.17, 15) is 15.0 Å². The lowest BCUT2D eigenvalue weighted by Gasteiger charge is -2.58. The van der Waals surface area contributed by atoms with Gasteiger partial charge in [0.25, 0.3) is 0 Å². The molecule has 0 aromatic heterocycles. The molecular weight excluding hydrogens is 304 g/mol. The van der Waals surface area contributed by atoms with Crippen LogP contribution in [0.5, 0.6) is 0 Å². The molecule has 138 valence electrons. The zero-order chi connectivity index (χ0) is 17.5. The molecule has 0 aromatic carbocycles. The van der Waals surface area contributed by atoms with Gasteiger partial charge in [0.15, 0.2) is 0 Å². The molecule has 0 unspecified atom stereocenters. The smallest absolute Gasteiger partial charge is 0.220 e. The molecule has 0 aromatic rings. The summed E-state index contributed by atoms with van der Waals surface area (Å²) in [4.78, 5) is 11.9. The minimum atomic E-state index is -0.283. The summed E-state index contributed by atoms with van der Waals surface area (Å²) in [6, 6.07) is 0. The quantitative estimate of drug-likeness (QED) is 0.626. The predicted octanol–water partition coefficient (Wildman–Crippen LogP) is 1.42. The standard InChI is InChI=1S/C19H34N2O3/c1-18(7-5-13(23)9-12(18)11-22)15-6-8-19(2)16(14(15)10-20)3-4-17(24)21-19/h12-16,22-23H,3-11,20H2,1-2H3,(H,21,24)/t12-,13+,14-,15+,16+,18-,19+/m1/s1. The molecule has 5 heteroatoms. The molecule has 0 spiro atoms. The number of nitrogens with two attached hydrogens (primary N) is 1. The van der Waals surface area contributed by atoms with E-state index in [0.29, 0.717) is 37.1 Å². The molecule has 0 radical (unpaired) electrons. The molecule has 2 aliphatic carbocycles. The monoisotopic (exact) mass is 338 g/mol. The summed E-state index contributed by atoms with van der Waals surface area (Å²) < 4.78 is 0. The Labute approximate surface area is 145 Å². The van der Waals surface area contributed by atoms with E-state index < -0.39 is 0 Å². The third-order valence-corrected chi connectivity index (χ3v) is 7.78. The molecule has 2 saturated carbocycles. The molecule has 0 bridgehead atoms. The number of aliphatic hydroxyl groups excluding tert-OH is 2. The highest BCUT2D eigenvalue weighted by Gasteiger charge is 2.55. The van der Waals surface area contributed by atoms with E-state index in [1.165, 1.54) is 0 Å². The number of rotatable bonds is 3. The van der Waals surface area contributed by atoms with Gasteiger partial charge in [0.1, 0.15) is 0 Å². The zero-order valence-corrected chi connectivity index (χ0v) is 15.1. The molecular formula is C19H34N2O3. The van der Waals surface area contributed by atoms with E-state index in [1.807, 2.05) is 0 Å². The van der Waals surface area contributed by atoms with E-state index in [1.54, 1.807) is 0 Å². The highest BCUT2D eigenvalue weighted by Crippen LogP contribution is 2.56. The number of hydrogen-bond acceptors (Lipinski definition) is 4. The van der Waals surface area contributed by atoms with Crippen molar-refractivity contribution >= 4 is 5.91 Å². The average molecular weight is 338 g/mol. The van der Waals surface area contributed by atoms with Crippen LogP contribution in [0.2, 0.25) is 0 Å². The lowest BCUT2D eigenvalue weighted by atomic mass is 9.49. The second kappa shape index (κ2) is 6.58. The molecule has 3 rings (SSSR count). The lowest BCUT2D eigenvalue weighted by Crippen LogP contribution is -2.63. The summed E-state index contributed by atoms with van der Waals surface area (Å²) in [5.41, 5.74) is 6.15. The fraction of sp³-hybridized carbons (Fsp3) is 0.947. The highest BCUT2D eigenvalue weighted by molar-refractivity contribution is 5.77. The first-order valence-electron chi connectivity index (χ1n) is 9.64. The summed E-state index contributed by atoms with van der Waals surface area (Å²) in [6.45, 7) is 5.26. The second-order valence-corrected chi connectivity index (χ2v) is 8.97. The number of hydrogen-bond donors (Lipinski definition) is 4. The molecule has 5 nitrogen and oxygen atoms in total. The lowest BCUT2D eigenvalue weighted by molar-refractivity contribution is -0.134. The van der Waals surface area contributed by atoms with Crippen molar-refractivity contribution in [2.75, 3.05) is 13.2 Å². The molecule has 5 N–H and O–H groups in total. The Hall–Kier alpha value is -0.650. The predicted molar refractivity (Wildman–Crippen MR) is 93.1 cm³/mol. The average Bonchev–Trinajstić information content (AvgIpc) is 2.55. The van der Waals surface area contributed by atoms with Crippen molar-refractivity contribution in [3.63, 3.8) is 0 Å². The highest BCUT2D eigenvalue weighted by atomic mass is 16.3. The third-order valence-electron chi connectivity index (χ3n) is 7.78. The Morgan fingerprint density at radius 1 is 1.21 bits per heavy atom. The number of aliphatic hydroxyl groups is 2. The number of carbonyl (C=O) groups excluding carboxylic acids is 1. The van der Waals surface area contributed by atoms with E-state index in [-0.39, 0.29) is 35.5 Å². The van der Waals surface area contributed by atoms with Crippen LogP contribution in [-0.4, -0.2) is 40.9 Å². The van der Waals surface area contributed by atoms with Crippen molar-refractivity contribution in [3.05, 3.63) is 0 Å². The van der Waals surface area contributed by atoms with Gasteiger partial charge in [-0.1, -0.05) is 6.92 Å². The van der Waals surface area contributed by atoms with Gasteiger partial charge >= 0.3 is 0 Å². The van der Waals surface area contributed by atoms with Gasteiger partial charge in [0.05, 0.1) is 6.10 Å². The maximum absolute atomic E-state index is 11.9. The first kappa shape index (κ1) is 18.2. The van der Waals surface area contributed by atoms with Crippen molar-refractivity contribution in [3.8, 4) is 0 Å². The van der Waals surface area contributed by atoms with Gasteiger partial charge in [-0.15, -0.1) is 0 Å². The maximum Gasteiger partial charge on any atom is 0.220 e. The van der Waals surface area contributed by atoms with E-state index in [4.69, 9.17) is 5.73 Å². The molecule has 3 aliphatic rings. The number of nitrogens with one attached hydrogen (secondary N) is 1. The maximum atomic E-state index is 11.9. The number of fused-ring (bicyclic) bond motifs is 1.